The first-order valence-electron chi connectivity index (χ1n) is 7.16. The van der Waals surface area contributed by atoms with Gasteiger partial charge >= 0.3 is 0 Å². The van der Waals surface area contributed by atoms with E-state index in [0.29, 0.717) is 30.6 Å². The van der Waals surface area contributed by atoms with E-state index in [4.69, 9.17) is 0 Å². The van der Waals surface area contributed by atoms with Crippen molar-refractivity contribution in [3.63, 3.8) is 0 Å². The number of benzene rings is 1. The second kappa shape index (κ2) is 7.20. The molecule has 0 aromatic heterocycles. The largest absolute Gasteiger partial charge is 0.310 e. The molecule has 20 heavy (non-hydrogen) atoms. The molecule has 0 radical (unpaired) electrons. The number of nitrogens with one attached hydrogen (secondary N) is 1. The van der Waals surface area contributed by atoms with Crippen LogP contribution in [0.3, 0.4) is 0 Å². The van der Waals surface area contributed by atoms with Crippen LogP contribution in [0.25, 0.3) is 0 Å². The van der Waals surface area contributed by atoms with Gasteiger partial charge < -0.3 is 5.32 Å². The average Bonchev–Trinajstić information content (AvgIpc) is 2.38. The van der Waals surface area contributed by atoms with Crippen LogP contribution in [0.15, 0.2) is 23.1 Å². The Morgan fingerprint density at radius 3 is 2.30 bits per heavy atom. The zero-order valence-electron chi connectivity index (χ0n) is 13.1. The first-order valence-corrected chi connectivity index (χ1v) is 8.60. The van der Waals surface area contributed by atoms with Crippen LogP contribution in [-0.2, 0) is 16.6 Å². The molecule has 1 aromatic rings. The van der Waals surface area contributed by atoms with E-state index in [0.717, 1.165) is 11.1 Å². The number of nitrogens with zero attached hydrogens (tertiary/aromatic N) is 1. The summed E-state index contributed by atoms with van der Waals surface area (Å²) in [7, 11) is -3.37. The molecule has 1 rings (SSSR count). The summed E-state index contributed by atoms with van der Waals surface area (Å²) in [5.74, 6) is 0. The summed E-state index contributed by atoms with van der Waals surface area (Å²) in [6.45, 7) is 11.5. The van der Waals surface area contributed by atoms with Gasteiger partial charge in [0.15, 0.2) is 0 Å². The molecule has 0 aliphatic carbocycles. The van der Waals surface area contributed by atoms with Crippen LogP contribution in [-0.4, -0.2) is 31.9 Å². The van der Waals surface area contributed by atoms with Gasteiger partial charge in [-0.25, -0.2) is 8.42 Å². The maximum atomic E-state index is 12.5. The minimum Gasteiger partial charge on any atom is -0.310 e. The van der Waals surface area contributed by atoms with Gasteiger partial charge in [0, 0.05) is 25.7 Å². The van der Waals surface area contributed by atoms with Crippen LogP contribution in [0.1, 0.15) is 38.8 Å². The van der Waals surface area contributed by atoms with Crippen molar-refractivity contribution in [1.29, 1.82) is 0 Å². The number of rotatable bonds is 7. The molecule has 0 unspecified atom stereocenters. The number of hydrogen-bond donors (Lipinski definition) is 1. The van der Waals surface area contributed by atoms with Gasteiger partial charge in [-0.05, 0) is 30.2 Å². The molecule has 114 valence electrons. The Kier molecular flexibility index (Phi) is 6.17. The standard InChI is InChI=1S/C15H26N2O2S/c1-6-17(7-2)20(18,19)15-9-8-13(5)14(10-15)11-16-12(3)4/h8-10,12,16H,6-7,11H2,1-5H3. The van der Waals surface area contributed by atoms with E-state index in [2.05, 4.69) is 19.2 Å². The molecule has 0 spiro atoms. The normalized spacial score (nSPS) is 12.3. The summed E-state index contributed by atoms with van der Waals surface area (Å²) >= 11 is 0. The predicted molar refractivity (Wildman–Crippen MR) is 83.3 cm³/mol. The van der Waals surface area contributed by atoms with Crippen molar-refractivity contribution in [2.24, 2.45) is 0 Å². The Bertz CT molecular complexity index is 535. The third kappa shape index (κ3) is 4.04. The summed E-state index contributed by atoms with van der Waals surface area (Å²) in [6.07, 6.45) is 0. The summed E-state index contributed by atoms with van der Waals surface area (Å²) in [6, 6.07) is 5.74. The van der Waals surface area contributed by atoms with E-state index >= 15 is 0 Å². The molecule has 0 saturated heterocycles. The van der Waals surface area contributed by atoms with Crippen molar-refractivity contribution in [2.75, 3.05) is 13.1 Å². The van der Waals surface area contributed by atoms with Crippen LogP contribution in [0.2, 0.25) is 0 Å². The molecule has 0 aliphatic rings. The van der Waals surface area contributed by atoms with Gasteiger partial charge in [-0.3, -0.25) is 0 Å². The summed E-state index contributed by atoms with van der Waals surface area (Å²) in [5, 5.41) is 3.33. The summed E-state index contributed by atoms with van der Waals surface area (Å²) in [4.78, 5) is 0.382. The molecule has 0 amide bonds. The highest BCUT2D eigenvalue weighted by Gasteiger charge is 2.22. The van der Waals surface area contributed by atoms with Crippen molar-refractivity contribution in [3.05, 3.63) is 29.3 Å². The number of hydrogen-bond acceptors (Lipinski definition) is 3. The fourth-order valence-electron chi connectivity index (χ4n) is 2.03. The highest BCUT2D eigenvalue weighted by atomic mass is 32.2. The monoisotopic (exact) mass is 298 g/mol. The van der Waals surface area contributed by atoms with E-state index in [1.54, 1.807) is 12.1 Å². The van der Waals surface area contributed by atoms with E-state index < -0.39 is 10.0 Å². The third-order valence-electron chi connectivity index (χ3n) is 3.36. The lowest BCUT2D eigenvalue weighted by atomic mass is 10.1. The van der Waals surface area contributed by atoms with Gasteiger partial charge in [0.25, 0.3) is 0 Å². The predicted octanol–water partition coefficient (Wildman–Crippen LogP) is 2.52. The minimum atomic E-state index is -3.37. The molecule has 0 aliphatic heterocycles. The van der Waals surface area contributed by atoms with E-state index in [9.17, 15) is 8.42 Å². The molecule has 1 aromatic carbocycles. The van der Waals surface area contributed by atoms with Crippen LogP contribution in [0.5, 0.6) is 0 Å². The Labute approximate surface area is 123 Å². The highest BCUT2D eigenvalue weighted by Crippen LogP contribution is 2.19. The zero-order valence-corrected chi connectivity index (χ0v) is 13.9. The first kappa shape index (κ1) is 17.1. The molecule has 0 heterocycles. The lowest BCUT2D eigenvalue weighted by Crippen LogP contribution is -2.30. The smallest absolute Gasteiger partial charge is 0.243 e. The molecular formula is C15H26N2O2S. The molecule has 5 heteroatoms. The summed E-state index contributed by atoms with van der Waals surface area (Å²) in [5.41, 5.74) is 2.14. The number of sulfonamides is 1. The molecular weight excluding hydrogens is 272 g/mol. The SMILES string of the molecule is CCN(CC)S(=O)(=O)c1ccc(C)c(CNC(C)C)c1. The van der Waals surface area contributed by atoms with Crippen molar-refractivity contribution >= 4 is 10.0 Å². The van der Waals surface area contributed by atoms with Gasteiger partial charge in [-0.2, -0.15) is 4.31 Å². The van der Waals surface area contributed by atoms with Crippen LogP contribution < -0.4 is 5.32 Å². The maximum Gasteiger partial charge on any atom is 0.243 e. The Morgan fingerprint density at radius 1 is 1.20 bits per heavy atom. The Hall–Kier alpha value is -0.910. The van der Waals surface area contributed by atoms with Gasteiger partial charge in [0.2, 0.25) is 10.0 Å². The van der Waals surface area contributed by atoms with Crippen LogP contribution in [0.4, 0.5) is 0 Å². The van der Waals surface area contributed by atoms with Crippen molar-refractivity contribution in [2.45, 2.75) is 52.1 Å². The van der Waals surface area contributed by atoms with Gasteiger partial charge in [-0.15, -0.1) is 0 Å². The quantitative estimate of drug-likeness (QED) is 0.841. The van der Waals surface area contributed by atoms with Gasteiger partial charge in [0.05, 0.1) is 4.90 Å². The van der Waals surface area contributed by atoms with Gasteiger partial charge in [-0.1, -0.05) is 33.8 Å². The highest BCUT2D eigenvalue weighted by molar-refractivity contribution is 7.89. The Balaban J connectivity index is 3.11. The molecule has 0 fully saturated rings. The van der Waals surface area contributed by atoms with E-state index in [1.807, 2.05) is 26.8 Å². The fourth-order valence-corrected chi connectivity index (χ4v) is 3.53. The third-order valence-corrected chi connectivity index (χ3v) is 5.41. The molecule has 0 atom stereocenters. The maximum absolute atomic E-state index is 12.5. The van der Waals surface area contributed by atoms with Crippen LogP contribution >= 0.6 is 0 Å². The van der Waals surface area contributed by atoms with Crippen molar-refractivity contribution in [1.82, 2.24) is 9.62 Å². The lowest BCUT2D eigenvalue weighted by molar-refractivity contribution is 0.445. The molecule has 0 saturated carbocycles. The Morgan fingerprint density at radius 2 is 1.80 bits per heavy atom. The van der Waals surface area contributed by atoms with Crippen molar-refractivity contribution in [3.8, 4) is 0 Å². The fraction of sp³-hybridized carbons (Fsp3) is 0.600. The van der Waals surface area contributed by atoms with Crippen LogP contribution in [0, 0.1) is 6.92 Å². The second-order valence-corrected chi connectivity index (χ2v) is 7.15. The molecule has 4 nitrogen and oxygen atoms in total. The number of aryl methyl sites for hydroxylation is 1. The molecule has 1 N–H and O–H groups in total. The van der Waals surface area contributed by atoms with E-state index in [1.165, 1.54) is 4.31 Å². The second-order valence-electron chi connectivity index (χ2n) is 5.21. The minimum absolute atomic E-state index is 0.373. The topological polar surface area (TPSA) is 49.4 Å². The lowest BCUT2D eigenvalue weighted by Gasteiger charge is -2.19. The van der Waals surface area contributed by atoms with Gasteiger partial charge in [0.1, 0.15) is 0 Å². The average molecular weight is 298 g/mol. The van der Waals surface area contributed by atoms with Crippen molar-refractivity contribution < 1.29 is 8.42 Å². The zero-order chi connectivity index (χ0) is 15.3. The van der Waals surface area contributed by atoms with E-state index in [-0.39, 0.29) is 0 Å². The summed E-state index contributed by atoms with van der Waals surface area (Å²) < 4.78 is 26.5. The molecule has 0 bridgehead atoms. The first-order chi connectivity index (χ1) is 9.32.